The number of phenols is 2. The monoisotopic (exact) mass is 416 g/mol. The molecular weight excluding hydrogens is 396 g/mol. The second kappa shape index (κ2) is 7.62. The molecule has 0 radical (unpaired) electrons. The van der Waals surface area contributed by atoms with Gasteiger partial charge in [0.15, 0.2) is 5.43 Å². The minimum atomic E-state index is -1.56. The first-order valence-corrected chi connectivity index (χ1v) is 9.14. The Morgan fingerprint density at radius 3 is 2.40 bits per heavy atom. The molecule has 1 aromatic heterocycles. The van der Waals surface area contributed by atoms with Gasteiger partial charge >= 0.3 is 0 Å². The molecule has 9 nitrogen and oxygen atoms in total. The third kappa shape index (κ3) is 3.27. The van der Waals surface area contributed by atoms with Crippen molar-refractivity contribution in [2.45, 2.75) is 24.4 Å². The number of methoxy groups -OCH3 is 1. The second-order valence-corrected chi connectivity index (χ2v) is 7.04. The van der Waals surface area contributed by atoms with Gasteiger partial charge in [0, 0.05) is 17.7 Å². The van der Waals surface area contributed by atoms with Crippen LogP contribution < -0.4 is 10.2 Å². The zero-order chi connectivity index (χ0) is 21.6. The van der Waals surface area contributed by atoms with E-state index in [1.807, 2.05) is 0 Å². The fraction of sp³-hybridized carbons (Fsp3) is 0.286. The zero-order valence-electron chi connectivity index (χ0n) is 15.8. The molecule has 30 heavy (non-hydrogen) atoms. The average molecular weight is 416 g/mol. The van der Waals surface area contributed by atoms with Gasteiger partial charge in [-0.15, -0.1) is 0 Å². The van der Waals surface area contributed by atoms with E-state index in [9.17, 15) is 30.3 Å². The van der Waals surface area contributed by atoms with Gasteiger partial charge in [-0.25, -0.2) is 0 Å². The summed E-state index contributed by atoms with van der Waals surface area (Å²) in [6.45, 7) is -0.280. The Morgan fingerprint density at radius 2 is 1.73 bits per heavy atom. The minimum absolute atomic E-state index is 0.0341. The van der Waals surface area contributed by atoms with E-state index in [1.165, 1.54) is 31.4 Å². The highest BCUT2D eigenvalue weighted by molar-refractivity contribution is 5.88. The van der Waals surface area contributed by atoms with Crippen molar-refractivity contribution in [3.8, 4) is 28.6 Å². The van der Waals surface area contributed by atoms with Gasteiger partial charge in [-0.05, 0) is 24.3 Å². The smallest absolute Gasteiger partial charge is 0.197 e. The predicted octanol–water partition coefficient (Wildman–Crippen LogP) is 1.03. The summed E-state index contributed by atoms with van der Waals surface area (Å²) in [5.41, 5.74) is -0.00761. The largest absolute Gasteiger partial charge is 0.508 e. The molecule has 3 aromatic rings. The molecular formula is C21H20O9. The number of hydrogen-bond acceptors (Lipinski definition) is 9. The number of phenolic OH excluding ortho intramolecular Hbond substituents is 2. The van der Waals surface area contributed by atoms with Crippen LogP contribution in [0.25, 0.3) is 22.3 Å². The van der Waals surface area contributed by atoms with Crippen LogP contribution in [0.5, 0.6) is 17.2 Å². The zero-order valence-corrected chi connectivity index (χ0v) is 15.8. The maximum Gasteiger partial charge on any atom is 0.197 e. The fourth-order valence-corrected chi connectivity index (χ4v) is 3.57. The summed E-state index contributed by atoms with van der Waals surface area (Å²) >= 11 is 0. The molecule has 0 spiro atoms. The SMILES string of the molecule is COc1cc2oc(-c3ccc(O)cc3)cc(=O)c2c(O)c1[C@@H]1OC[C@H](O)[C@@H](O)[C@H]1O. The first-order valence-electron chi connectivity index (χ1n) is 9.14. The molecule has 5 N–H and O–H groups in total. The molecule has 1 aliphatic heterocycles. The van der Waals surface area contributed by atoms with Crippen LogP contribution in [0.15, 0.2) is 45.6 Å². The molecule has 1 fully saturated rings. The number of ether oxygens (including phenoxy) is 2. The molecule has 158 valence electrons. The number of aromatic hydroxyl groups is 2. The summed E-state index contributed by atoms with van der Waals surface area (Å²) in [4.78, 5) is 12.8. The van der Waals surface area contributed by atoms with Crippen molar-refractivity contribution in [1.29, 1.82) is 0 Å². The van der Waals surface area contributed by atoms with Crippen LogP contribution >= 0.6 is 0 Å². The van der Waals surface area contributed by atoms with Gasteiger partial charge in [0.2, 0.25) is 0 Å². The summed E-state index contributed by atoms with van der Waals surface area (Å²) in [7, 11) is 1.33. The van der Waals surface area contributed by atoms with Crippen molar-refractivity contribution >= 4 is 11.0 Å². The summed E-state index contributed by atoms with van der Waals surface area (Å²) in [6.07, 6.45) is -5.59. The molecule has 0 amide bonds. The van der Waals surface area contributed by atoms with E-state index in [4.69, 9.17) is 13.9 Å². The van der Waals surface area contributed by atoms with Crippen LogP contribution in [0.1, 0.15) is 11.7 Å². The van der Waals surface area contributed by atoms with Gasteiger partial charge in [0.05, 0.1) is 19.3 Å². The molecule has 1 aliphatic rings. The summed E-state index contributed by atoms with van der Waals surface area (Å²) in [6, 6.07) is 8.61. The van der Waals surface area contributed by atoms with Crippen molar-refractivity contribution in [2.75, 3.05) is 13.7 Å². The van der Waals surface area contributed by atoms with Crippen molar-refractivity contribution < 1.29 is 39.4 Å². The van der Waals surface area contributed by atoms with Gasteiger partial charge in [-0.1, -0.05) is 0 Å². The van der Waals surface area contributed by atoms with E-state index in [-0.39, 0.29) is 40.4 Å². The van der Waals surface area contributed by atoms with E-state index in [1.54, 1.807) is 12.1 Å². The molecule has 0 aliphatic carbocycles. The Labute approximate surface area is 170 Å². The lowest BCUT2D eigenvalue weighted by Gasteiger charge is -2.36. The summed E-state index contributed by atoms with van der Waals surface area (Å²) < 4.78 is 16.5. The highest BCUT2D eigenvalue weighted by Crippen LogP contribution is 2.44. The van der Waals surface area contributed by atoms with E-state index in [2.05, 4.69) is 0 Å². The summed E-state index contributed by atoms with van der Waals surface area (Å²) in [5.74, 6) is -0.167. The molecule has 4 atom stereocenters. The number of aliphatic hydroxyl groups is 3. The third-order valence-electron chi connectivity index (χ3n) is 5.15. The van der Waals surface area contributed by atoms with Crippen LogP contribution in [0.3, 0.4) is 0 Å². The first-order chi connectivity index (χ1) is 14.3. The Bertz CT molecular complexity index is 1140. The molecule has 9 heteroatoms. The Kier molecular flexibility index (Phi) is 5.12. The molecule has 0 saturated carbocycles. The Morgan fingerprint density at radius 1 is 1.03 bits per heavy atom. The van der Waals surface area contributed by atoms with Gasteiger partial charge in [0.25, 0.3) is 0 Å². The number of hydrogen-bond donors (Lipinski definition) is 5. The maximum atomic E-state index is 12.8. The summed E-state index contributed by atoms with van der Waals surface area (Å²) in [5, 5.41) is 50.1. The van der Waals surface area contributed by atoms with Gasteiger partial charge < -0.3 is 39.4 Å². The predicted molar refractivity (Wildman–Crippen MR) is 105 cm³/mol. The fourth-order valence-electron chi connectivity index (χ4n) is 3.57. The van der Waals surface area contributed by atoms with Gasteiger partial charge in [-0.3, -0.25) is 4.79 Å². The quantitative estimate of drug-likeness (QED) is 0.422. The van der Waals surface area contributed by atoms with Crippen LogP contribution in [0.2, 0.25) is 0 Å². The van der Waals surface area contributed by atoms with Gasteiger partial charge in [-0.2, -0.15) is 0 Å². The third-order valence-corrected chi connectivity index (χ3v) is 5.15. The number of rotatable bonds is 3. The molecule has 1 saturated heterocycles. The highest BCUT2D eigenvalue weighted by Gasteiger charge is 2.41. The van der Waals surface area contributed by atoms with Crippen molar-refractivity contribution in [1.82, 2.24) is 0 Å². The van der Waals surface area contributed by atoms with Crippen molar-refractivity contribution in [2.24, 2.45) is 0 Å². The molecule has 4 rings (SSSR count). The lowest BCUT2D eigenvalue weighted by Crippen LogP contribution is -2.49. The second-order valence-electron chi connectivity index (χ2n) is 7.04. The molecule has 0 bridgehead atoms. The Hall–Kier alpha value is -3.11. The maximum absolute atomic E-state index is 12.8. The van der Waals surface area contributed by atoms with Gasteiger partial charge in [0.1, 0.15) is 58.4 Å². The number of fused-ring (bicyclic) bond motifs is 1. The Balaban J connectivity index is 1.89. The van der Waals surface area contributed by atoms with Crippen LogP contribution in [0, 0.1) is 0 Å². The lowest BCUT2D eigenvalue weighted by atomic mass is 9.92. The van der Waals surface area contributed by atoms with Crippen molar-refractivity contribution in [3.05, 3.63) is 52.2 Å². The molecule has 2 aromatic carbocycles. The number of aliphatic hydroxyl groups excluding tert-OH is 3. The normalized spacial score (nSPS) is 24.1. The van der Waals surface area contributed by atoms with Crippen LogP contribution in [-0.4, -0.2) is 57.6 Å². The highest BCUT2D eigenvalue weighted by atomic mass is 16.5. The lowest BCUT2D eigenvalue weighted by molar-refractivity contribution is -0.189. The van der Waals surface area contributed by atoms with Crippen LogP contribution in [0.4, 0.5) is 0 Å². The first kappa shape index (κ1) is 20.2. The van der Waals surface area contributed by atoms with Crippen LogP contribution in [-0.2, 0) is 4.74 Å². The van der Waals surface area contributed by atoms with Crippen molar-refractivity contribution in [3.63, 3.8) is 0 Å². The standard InChI is InChI=1S/C21H20O9/c1-28-14-7-15-16(11(23)6-13(30-15)9-2-4-10(22)5-3-9)19(26)17(14)21-20(27)18(25)12(24)8-29-21/h2-7,12,18,20-22,24-27H,8H2,1H3/t12-,18+,20+,21-/m0/s1. The minimum Gasteiger partial charge on any atom is -0.508 e. The van der Waals surface area contributed by atoms with E-state index >= 15 is 0 Å². The molecule has 2 heterocycles. The van der Waals surface area contributed by atoms with E-state index < -0.39 is 35.6 Å². The topological polar surface area (TPSA) is 150 Å². The molecule has 0 unspecified atom stereocenters. The van der Waals surface area contributed by atoms with E-state index in [0.29, 0.717) is 5.56 Å². The van der Waals surface area contributed by atoms with E-state index in [0.717, 1.165) is 0 Å². The average Bonchev–Trinajstić information content (AvgIpc) is 2.72. The number of benzene rings is 2.